The van der Waals surface area contributed by atoms with Crippen molar-refractivity contribution >= 4 is 0 Å². The fourth-order valence-electron chi connectivity index (χ4n) is 0.658. The van der Waals surface area contributed by atoms with E-state index in [-0.39, 0.29) is 0 Å². The van der Waals surface area contributed by atoms with Crippen LogP contribution in [0, 0.1) is 20.8 Å². The van der Waals surface area contributed by atoms with Crippen LogP contribution in [-0.4, -0.2) is 9.97 Å². The zero-order chi connectivity index (χ0) is 12.9. The van der Waals surface area contributed by atoms with Crippen LogP contribution in [0.15, 0.2) is 6.20 Å². The maximum absolute atomic E-state index is 4.21. The third-order valence-corrected chi connectivity index (χ3v) is 1.31. The van der Waals surface area contributed by atoms with E-state index in [4.69, 9.17) is 0 Å². The molecule has 1 aromatic rings. The summed E-state index contributed by atoms with van der Waals surface area (Å²) in [6.45, 7) is 17.9. The van der Waals surface area contributed by atoms with Gasteiger partial charge in [0.15, 0.2) is 0 Å². The number of rotatable bonds is 0. The molecular weight excluding hydrogens is 184 g/mol. The normalized spacial score (nSPS) is 7.00. The van der Waals surface area contributed by atoms with Gasteiger partial charge >= 0.3 is 0 Å². The summed E-state index contributed by atoms with van der Waals surface area (Å²) in [6.07, 6.45) is 1.78. The van der Waals surface area contributed by atoms with Crippen molar-refractivity contribution in [2.45, 2.75) is 62.3 Å². The first-order valence-corrected chi connectivity index (χ1v) is 5.97. The standard InChI is InChI=1S/C7H10N2.3C2H6/c1-5-4-8-6(2)7(3)9-5;3*1-2/h4H,1-3H3;3*1-2H3. The van der Waals surface area contributed by atoms with Crippen molar-refractivity contribution < 1.29 is 0 Å². The van der Waals surface area contributed by atoms with E-state index < -0.39 is 0 Å². The lowest BCUT2D eigenvalue weighted by Crippen LogP contribution is -1.92. The number of aryl methyl sites for hydroxylation is 3. The Labute approximate surface area is 96.2 Å². The fourth-order valence-corrected chi connectivity index (χ4v) is 0.658. The predicted molar refractivity (Wildman–Crippen MR) is 70.3 cm³/mol. The first kappa shape index (κ1) is 19.6. The second kappa shape index (κ2) is 15.5. The third-order valence-electron chi connectivity index (χ3n) is 1.31. The van der Waals surface area contributed by atoms with Crippen molar-refractivity contribution in [3.63, 3.8) is 0 Å². The zero-order valence-corrected chi connectivity index (χ0v) is 12.0. The highest BCUT2D eigenvalue weighted by Gasteiger charge is 1.92. The Bertz CT molecular complexity index is 220. The van der Waals surface area contributed by atoms with Gasteiger partial charge in [-0.3, -0.25) is 9.97 Å². The minimum Gasteiger partial charge on any atom is -0.258 e. The molecule has 15 heavy (non-hydrogen) atoms. The summed E-state index contributed by atoms with van der Waals surface area (Å²) in [5, 5.41) is 0. The van der Waals surface area contributed by atoms with Crippen LogP contribution in [0.4, 0.5) is 0 Å². The van der Waals surface area contributed by atoms with E-state index in [1.807, 2.05) is 62.3 Å². The predicted octanol–water partition coefficient (Wildman–Crippen LogP) is 4.48. The van der Waals surface area contributed by atoms with Crippen LogP contribution in [0.3, 0.4) is 0 Å². The smallest absolute Gasteiger partial charge is 0.0588 e. The second-order valence-corrected chi connectivity index (χ2v) is 2.18. The molecule has 0 aliphatic rings. The van der Waals surface area contributed by atoms with E-state index in [1.165, 1.54) is 0 Å². The summed E-state index contributed by atoms with van der Waals surface area (Å²) < 4.78 is 0. The van der Waals surface area contributed by atoms with Crippen LogP contribution < -0.4 is 0 Å². The van der Waals surface area contributed by atoms with Gasteiger partial charge < -0.3 is 0 Å². The minimum absolute atomic E-state index is 0.984. The molecule has 1 heterocycles. The molecule has 0 unspecified atom stereocenters. The molecule has 0 aliphatic heterocycles. The average Bonchev–Trinajstić information content (AvgIpc) is 2.32. The lowest BCUT2D eigenvalue weighted by Gasteiger charge is -1.96. The first-order chi connectivity index (χ1) is 7.20. The van der Waals surface area contributed by atoms with Crippen molar-refractivity contribution in [3.8, 4) is 0 Å². The highest BCUT2D eigenvalue weighted by molar-refractivity contribution is 5.09. The van der Waals surface area contributed by atoms with Gasteiger partial charge in [0.05, 0.1) is 17.1 Å². The zero-order valence-electron chi connectivity index (χ0n) is 12.0. The lowest BCUT2D eigenvalue weighted by molar-refractivity contribution is 1.00. The van der Waals surface area contributed by atoms with Crippen LogP contribution in [0.5, 0.6) is 0 Å². The van der Waals surface area contributed by atoms with Gasteiger partial charge in [-0.05, 0) is 20.8 Å². The first-order valence-electron chi connectivity index (χ1n) is 5.97. The van der Waals surface area contributed by atoms with E-state index >= 15 is 0 Å². The molecule has 0 amide bonds. The molecule has 0 saturated heterocycles. The Balaban J connectivity index is -0.000000208. The third kappa shape index (κ3) is 11.0. The highest BCUT2D eigenvalue weighted by atomic mass is 14.8. The molecule has 0 spiro atoms. The summed E-state index contributed by atoms with van der Waals surface area (Å²) in [6, 6.07) is 0. The molecule has 0 saturated carbocycles. The van der Waals surface area contributed by atoms with Crippen LogP contribution in [0.25, 0.3) is 0 Å². The molecular formula is C13H28N2. The van der Waals surface area contributed by atoms with Gasteiger partial charge in [0.25, 0.3) is 0 Å². The highest BCUT2D eigenvalue weighted by Crippen LogP contribution is 1.98. The number of aromatic nitrogens is 2. The molecule has 0 radical (unpaired) electrons. The average molecular weight is 212 g/mol. The largest absolute Gasteiger partial charge is 0.258 e. The molecule has 0 N–H and O–H groups in total. The van der Waals surface area contributed by atoms with Gasteiger partial charge in [-0.1, -0.05) is 41.5 Å². The molecule has 1 aromatic heterocycles. The molecule has 0 atom stereocenters. The molecule has 90 valence electrons. The van der Waals surface area contributed by atoms with Crippen LogP contribution >= 0.6 is 0 Å². The SMILES string of the molecule is CC.CC.CC.Cc1cnc(C)c(C)n1. The fraction of sp³-hybridized carbons (Fsp3) is 0.692. The molecule has 1 rings (SSSR count). The van der Waals surface area contributed by atoms with E-state index in [2.05, 4.69) is 9.97 Å². The Kier molecular flexibility index (Phi) is 20.3. The van der Waals surface area contributed by atoms with Crippen LogP contribution in [0.1, 0.15) is 58.6 Å². The maximum Gasteiger partial charge on any atom is 0.0588 e. The summed E-state index contributed by atoms with van der Waals surface area (Å²) in [5.74, 6) is 0. The summed E-state index contributed by atoms with van der Waals surface area (Å²) in [4.78, 5) is 8.33. The van der Waals surface area contributed by atoms with Gasteiger partial charge in [-0.25, -0.2) is 0 Å². The molecule has 0 bridgehead atoms. The monoisotopic (exact) mass is 212 g/mol. The lowest BCUT2D eigenvalue weighted by atomic mass is 10.3. The van der Waals surface area contributed by atoms with Gasteiger partial charge in [0, 0.05) is 6.20 Å². The van der Waals surface area contributed by atoms with Crippen molar-refractivity contribution in [2.24, 2.45) is 0 Å². The van der Waals surface area contributed by atoms with Gasteiger partial charge in [0.2, 0.25) is 0 Å². The van der Waals surface area contributed by atoms with Crippen LogP contribution in [-0.2, 0) is 0 Å². The van der Waals surface area contributed by atoms with Crippen molar-refractivity contribution in [1.82, 2.24) is 9.97 Å². The molecule has 2 nitrogen and oxygen atoms in total. The van der Waals surface area contributed by atoms with Gasteiger partial charge in [-0.15, -0.1) is 0 Å². The second-order valence-electron chi connectivity index (χ2n) is 2.18. The number of nitrogens with zero attached hydrogens (tertiary/aromatic N) is 2. The van der Waals surface area contributed by atoms with E-state index in [1.54, 1.807) is 6.20 Å². The molecule has 2 heteroatoms. The Morgan fingerprint density at radius 3 is 1.40 bits per heavy atom. The van der Waals surface area contributed by atoms with E-state index in [0.717, 1.165) is 17.1 Å². The number of hydrogen-bond acceptors (Lipinski definition) is 2. The molecule has 0 aliphatic carbocycles. The Morgan fingerprint density at radius 1 is 0.733 bits per heavy atom. The van der Waals surface area contributed by atoms with Gasteiger partial charge in [-0.2, -0.15) is 0 Å². The van der Waals surface area contributed by atoms with Crippen molar-refractivity contribution in [1.29, 1.82) is 0 Å². The summed E-state index contributed by atoms with van der Waals surface area (Å²) >= 11 is 0. The Morgan fingerprint density at radius 2 is 1.13 bits per heavy atom. The molecule has 0 aromatic carbocycles. The van der Waals surface area contributed by atoms with Gasteiger partial charge in [0.1, 0.15) is 0 Å². The molecule has 0 fully saturated rings. The van der Waals surface area contributed by atoms with E-state index in [0.29, 0.717) is 0 Å². The quantitative estimate of drug-likeness (QED) is 0.633. The van der Waals surface area contributed by atoms with Crippen molar-refractivity contribution in [3.05, 3.63) is 23.3 Å². The maximum atomic E-state index is 4.21. The topological polar surface area (TPSA) is 25.8 Å². The van der Waals surface area contributed by atoms with Crippen LogP contribution in [0.2, 0.25) is 0 Å². The Hall–Kier alpha value is -0.920. The minimum atomic E-state index is 0.984. The van der Waals surface area contributed by atoms with E-state index in [9.17, 15) is 0 Å². The summed E-state index contributed by atoms with van der Waals surface area (Å²) in [7, 11) is 0. The summed E-state index contributed by atoms with van der Waals surface area (Å²) in [5.41, 5.74) is 3.02. The number of hydrogen-bond donors (Lipinski definition) is 0. The van der Waals surface area contributed by atoms with Crippen molar-refractivity contribution in [2.75, 3.05) is 0 Å².